The molecular formula is C15H19NO. The molecule has 90 valence electrons. The van der Waals surface area contributed by atoms with E-state index in [-0.39, 0.29) is 5.92 Å². The number of aryl methyl sites for hydroxylation is 1. The Morgan fingerprint density at radius 1 is 1.18 bits per heavy atom. The minimum absolute atomic E-state index is 0.246. The van der Waals surface area contributed by atoms with Crippen LogP contribution < -0.4 is 5.32 Å². The third kappa shape index (κ3) is 2.42. The largest absolute Gasteiger partial charge is 0.314 e. The van der Waals surface area contributed by atoms with Crippen LogP contribution in [0.25, 0.3) is 0 Å². The van der Waals surface area contributed by atoms with E-state index in [0.717, 1.165) is 37.4 Å². The first kappa shape index (κ1) is 11.0. The van der Waals surface area contributed by atoms with E-state index in [1.807, 2.05) is 18.2 Å². The Kier molecular flexibility index (Phi) is 2.98. The lowest BCUT2D eigenvalue weighted by Crippen LogP contribution is -2.27. The Bertz CT molecular complexity index is 423. The average molecular weight is 229 g/mol. The summed E-state index contributed by atoms with van der Waals surface area (Å²) in [6.07, 6.45) is 5.74. The fraction of sp³-hybridized carbons (Fsp3) is 0.533. The van der Waals surface area contributed by atoms with Crippen LogP contribution in [0.15, 0.2) is 24.3 Å². The van der Waals surface area contributed by atoms with Gasteiger partial charge < -0.3 is 5.32 Å². The zero-order chi connectivity index (χ0) is 11.7. The van der Waals surface area contributed by atoms with Gasteiger partial charge in [-0.2, -0.15) is 0 Å². The first-order valence-corrected chi connectivity index (χ1v) is 6.70. The van der Waals surface area contributed by atoms with E-state index >= 15 is 0 Å². The number of Topliss-reactive ketones (excluding diaryl/α,β-unsaturated/α-hetero) is 1. The summed E-state index contributed by atoms with van der Waals surface area (Å²) in [7, 11) is 0. The molecule has 0 amide bonds. The van der Waals surface area contributed by atoms with Gasteiger partial charge in [-0.05, 0) is 44.2 Å². The van der Waals surface area contributed by atoms with Crippen LogP contribution in [0.4, 0.5) is 0 Å². The van der Waals surface area contributed by atoms with E-state index in [4.69, 9.17) is 0 Å². The lowest BCUT2D eigenvalue weighted by molar-refractivity contribution is 0.0894. The van der Waals surface area contributed by atoms with E-state index in [1.54, 1.807) is 0 Å². The SMILES string of the molecule is O=C1c2ccccc2CCC1CCNC1CC1. The Morgan fingerprint density at radius 2 is 2.00 bits per heavy atom. The van der Waals surface area contributed by atoms with Gasteiger partial charge in [-0.25, -0.2) is 0 Å². The molecule has 1 aromatic rings. The number of hydrogen-bond acceptors (Lipinski definition) is 2. The molecule has 0 spiro atoms. The maximum absolute atomic E-state index is 12.3. The minimum Gasteiger partial charge on any atom is -0.314 e. The third-order valence-electron chi connectivity index (χ3n) is 3.92. The summed E-state index contributed by atoms with van der Waals surface area (Å²) in [6, 6.07) is 8.83. The molecule has 0 aliphatic heterocycles. The van der Waals surface area contributed by atoms with Gasteiger partial charge in [0, 0.05) is 17.5 Å². The lowest BCUT2D eigenvalue weighted by Gasteiger charge is -2.23. The number of rotatable bonds is 4. The highest BCUT2D eigenvalue weighted by atomic mass is 16.1. The van der Waals surface area contributed by atoms with Gasteiger partial charge in [0.1, 0.15) is 0 Å². The highest BCUT2D eigenvalue weighted by Crippen LogP contribution is 2.27. The molecule has 0 saturated heterocycles. The third-order valence-corrected chi connectivity index (χ3v) is 3.92. The standard InChI is InChI=1S/C15H19NO/c17-15-12(9-10-16-13-7-8-13)6-5-11-3-1-2-4-14(11)15/h1-4,12-13,16H,5-10H2. The van der Waals surface area contributed by atoms with Crippen LogP contribution in [0.3, 0.4) is 0 Å². The van der Waals surface area contributed by atoms with Crippen LogP contribution in [0.5, 0.6) is 0 Å². The summed E-state index contributed by atoms with van der Waals surface area (Å²) in [4.78, 5) is 12.3. The van der Waals surface area contributed by atoms with Gasteiger partial charge >= 0.3 is 0 Å². The van der Waals surface area contributed by atoms with Crippen molar-refractivity contribution in [2.75, 3.05) is 6.54 Å². The van der Waals surface area contributed by atoms with Crippen molar-refractivity contribution in [3.8, 4) is 0 Å². The molecule has 1 fully saturated rings. The second kappa shape index (κ2) is 4.61. The summed E-state index contributed by atoms with van der Waals surface area (Å²) in [5, 5.41) is 3.50. The molecule has 17 heavy (non-hydrogen) atoms. The van der Waals surface area contributed by atoms with Crippen LogP contribution in [0.2, 0.25) is 0 Å². The Morgan fingerprint density at radius 3 is 2.82 bits per heavy atom. The number of carbonyl (C=O) groups excluding carboxylic acids is 1. The molecule has 2 aliphatic carbocycles. The van der Waals surface area contributed by atoms with Gasteiger partial charge in [-0.1, -0.05) is 24.3 Å². The summed E-state index contributed by atoms with van der Waals surface area (Å²) in [5.74, 6) is 0.612. The number of nitrogens with one attached hydrogen (secondary N) is 1. The first-order chi connectivity index (χ1) is 8.34. The average Bonchev–Trinajstić information content (AvgIpc) is 3.17. The van der Waals surface area contributed by atoms with Crippen molar-refractivity contribution in [3.63, 3.8) is 0 Å². The number of ketones is 1. The molecule has 1 atom stereocenters. The summed E-state index contributed by atoms with van der Waals surface area (Å²) < 4.78 is 0. The van der Waals surface area contributed by atoms with Crippen molar-refractivity contribution in [1.29, 1.82) is 0 Å². The molecule has 2 heteroatoms. The second-order valence-corrected chi connectivity index (χ2v) is 5.27. The smallest absolute Gasteiger partial charge is 0.166 e. The van der Waals surface area contributed by atoms with Gasteiger partial charge in [0.15, 0.2) is 5.78 Å². The van der Waals surface area contributed by atoms with Gasteiger partial charge in [0.25, 0.3) is 0 Å². The number of fused-ring (bicyclic) bond motifs is 1. The van der Waals surface area contributed by atoms with Crippen molar-refractivity contribution in [2.24, 2.45) is 5.92 Å². The van der Waals surface area contributed by atoms with Crippen molar-refractivity contribution < 1.29 is 4.79 Å². The number of carbonyl (C=O) groups is 1. The molecule has 2 aliphatic rings. The molecule has 0 heterocycles. The Balaban J connectivity index is 1.62. The monoisotopic (exact) mass is 229 g/mol. The van der Waals surface area contributed by atoms with E-state index in [9.17, 15) is 4.79 Å². The van der Waals surface area contributed by atoms with Gasteiger partial charge in [0.05, 0.1) is 0 Å². The predicted octanol–water partition coefficient (Wildman–Crippen LogP) is 2.57. The van der Waals surface area contributed by atoms with Crippen molar-refractivity contribution in [3.05, 3.63) is 35.4 Å². The maximum atomic E-state index is 12.3. The highest BCUT2D eigenvalue weighted by Gasteiger charge is 2.27. The van der Waals surface area contributed by atoms with E-state index in [1.165, 1.54) is 18.4 Å². The molecule has 1 saturated carbocycles. The number of hydrogen-bond donors (Lipinski definition) is 1. The molecule has 0 radical (unpaired) electrons. The molecule has 1 aromatic carbocycles. The molecule has 1 N–H and O–H groups in total. The van der Waals surface area contributed by atoms with E-state index < -0.39 is 0 Å². The lowest BCUT2D eigenvalue weighted by atomic mass is 9.81. The van der Waals surface area contributed by atoms with Crippen molar-refractivity contribution in [1.82, 2.24) is 5.32 Å². The topological polar surface area (TPSA) is 29.1 Å². The van der Waals surface area contributed by atoms with Crippen molar-refractivity contribution >= 4 is 5.78 Å². The Labute approximate surface area is 102 Å². The van der Waals surface area contributed by atoms with Crippen LogP contribution >= 0.6 is 0 Å². The molecular weight excluding hydrogens is 210 g/mol. The highest BCUT2D eigenvalue weighted by molar-refractivity contribution is 6.00. The first-order valence-electron chi connectivity index (χ1n) is 6.70. The van der Waals surface area contributed by atoms with Crippen LogP contribution in [-0.2, 0) is 6.42 Å². The van der Waals surface area contributed by atoms with Crippen LogP contribution in [0.1, 0.15) is 41.6 Å². The van der Waals surface area contributed by atoms with Gasteiger partial charge in [-0.15, -0.1) is 0 Å². The summed E-state index contributed by atoms with van der Waals surface area (Å²) in [5.41, 5.74) is 2.21. The predicted molar refractivity (Wildman–Crippen MR) is 68.2 cm³/mol. The van der Waals surface area contributed by atoms with Crippen LogP contribution in [-0.4, -0.2) is 18.4 Å². The maximum Gasteiger partial charge on any atom is 0.166 e. The quantitative estimate of drug-likeness (QED) is 0.859. The molecule has 1 unspecified atom stereocenters. The van der Waals surface area contributed by atoms with E-state index in [0.29, 0.717) is 5.78 Å². The zero-order valence-corrected chi connectivity index (χ0v) is 10.1. The summed E-state index contributed by atoms with van der Waals surface area (Å²) in [6.45, 7) is 1.00. The molecule has 0 bridgehead atoms. The normalized spacial score (nSPS) is 23.5. The van der Waals surface area contributed by atoms with Crippen molar-refractivity contribution in [2.45, 2.75) is 38.1 Å². The Hall–Kier alpha value is -1.15. The number of benzene rings is 1. The molecule has 0 aromatic heterocycles. The van der Waals surface area contributed by atoms with Gasteiger partial charge in [-0.3, -0.25) is 4.79 Å². The molecule has 3 rings (SSSR count). The zero-order valence-electron chi connectivity index (χ0n) is 10.1. The molecule has 2 nitrogen and oxygen atoms in total. The van der Waals surface area contributed by atoms with Crippen LogP contribution in [0, 0.1) is 5.92 Å². The minimum atomic E-state index is 0.246. The fourth-order valence-electron chi connectivity index (χ4n) is 2.68. The second-order valence-electron chi connectivity index (χ2n) is 5.27. The van der Waals surface area contributed by atoms with Gasteiger partial charge in [0.2, 0.25) is 0 Å². The van der Waals surface area contributed by atoms with E-state index in [2.05, 4.69) is 11.4 Å². The summed E-state index contributed by atoms with van der Waals surface area (Å²) >= 11 is 0. The fourth-order valence-corrected chi connectivity index (χ4v) is 2.68.